The zero-order chi connectivity index (χ0) is 18.5. The van der Waals surface area contributed by atoms with Gasteiger partial charge in [0.2, 0.25) is 0 Å². The topological polar surface area (TPSA) is 83.1 Å². The molecule has 2 aromatic carbocycles. The first-order valence-corrected chi connectivity index (χ1v) is 8.35. The minimum absolute atomic E-state index is 0.0582. The molecule has 3 amide bonds. The van der Waals surface area contributed by atoms with Crippen LogP contribution in [0, 0.1) is 0 Å². The van der Waals surface area contributed by atoms with Gasteiger partial charge in [0.25, 0.3) is 5.91 Å². The zero-order valence-electron chi connectivity index (χ0n) is 14.6. The number of nitrogens with one attached hydrogen (secondary N) is 3. The molecule has 0 bridgehead atoms. The van der Waals surface area contributed by atoms with Crippen molar-refractivity contribution in [2.45, 2.75) is 19.9 Å². The van der Waals surface area contributed by atoms with Gasteiger partial charge in [-0.1, -0.05) is 18.2 Å². The number of carbonyl (C=O) groups is 2. The van der Waals surface area contributed by atoms with Crippen LogP contribution in [0.15, 0.2) is 60.8 Å². The minimum Gasteiger partial charge on any atom is -0.336 e. The molecule has 3 N–H and O–H groups in total. The van der Waals surface area contributed by atoms with Gasteiger partial charge >= 0.3 is 6.03 Å². The molecule has 0 saturated carbocycles. The average Bonchev–Trinajstić information content (AvgIpc) is 2.62. The van der Waals surface area contributed by atoms with Gasteiger partial charge in [-0.3, -0.25) is 9.78 Å². The molecule has 1 heterocycles. The van der Waals surface area contributed by atoms with Crippen molar-refractivity contribution < 1.29 is 9.59 Å². The number of rotatable bonds is 4. The Morgan fingerprint density at radius 3 is 2.23 bits per heavy atom. The quantitative estimate of drug-likeness (QED) is 0.666. The number of fused-ring (bicyclic) bond motifs is 1. The number of carbonyl (C=O) groups excluding carboxylic acids is 2. The lowest BCUT2D eigenvalue weighted by atomic mass is 10.1. The molecular weight excluding hydrogens is 328 g/mol. The second-order valence-corrected chi connectivity index (χ2v) is 6.17. The van der Waals surface area contributed by atoms with Crippen molar-refractivity contribution in [2.24, 2.45) is 0 Å². The predicted molar refractivity (Wildman–Crippen MR) is 103 cm³/mol. The first-order chi connectivity index (χ1) is 12.5. The van der Waals surface area contributed by atoms with Gasteiger partial charge in [0.05, 0.1) is 11.1 Å². The summed E-state index contributed by atoms with van der Waals surface area (Å²) in [6.45, 7) is 3.78. The molecule has 6 heteroatoms. The van der Waals surface area contributed by atoms with Gasteiger partial charge in [0.15, 0.2) is 0 Å². The number of hydrogen-bond donors (Lipinski definition) is 3. The predicted octanol–water partition coefficient (Wildman–Crippen LogP) is 4.02. The average molecular weight is 348 g/mol. The number of aromatic nitrogens is 1. The van der Waals surface area contributed by atoms with E-state index in [-0.39, 0.29) is 18.0 Å². The Morgan fingerprint density at radius 1 is 0.885 bits per heavy atom. The smallest absolute Gasteiger partial charge is 0.319 e. The SMILES string of the molecule is CC(C)NC(=O)Nc1ccc(NC(=O)c2cccc3cccnc23)cc1. The summed E-state index contributed by atoms with van der Waals surface area (Å²) < 4.78 is 0. The Balaban J connectivity index is 1.70. The van der Waals surface area contributed by atoms with Crippen LogP contribution in [0.25, 0.3) is 10.9 Å². The Morgan fingerprint density at radius 2 is 1.54 bits per heavy atom. The second kappa shape index (κ2) is 7.65. The molecular formula is C20H20N4O2. The van der Waals surface area contributed by atoms with Gasteiger partial charge < -0.3 is 16.0 Å². The molecule has 0 unspecified atom stereocenters. The molecule has 132 valence electrons. The standard InChI is InChI=1S/C20H20N4O2/c1-13(2)22-20(26)24-16-10-8-15(9-11-16)23-19(25)17-7-3-5-14-6-4-12-21-18(14)17/h3-13H,1-2H3,(H,23,25)(H2,22,24,26). The molecule has 0 spiro atoms. The van der Waals surface area contributed by atoms with E-state index < -0.39 is 0 Å². The van der Waals surface area contributed by atoms with E-state index in [0.717, 1.165) is 5.39 Å². The lowest BCUT2D eigenvalue weighted by molar-refractivity contribution is 0.102. The summed E-state index contributed by atoms with van der Waals surface area (Å²) in [5, 5.41) is 9.26. The maximum atomic E-state index is 12.6. The monoisotopic (exact) mass is 348 g/mol. The minimum atomic E-state index is -0.265. The van der Waals surface area contributed by atoms with Gasteiger partial charge in [-0.25, -0.2) is 4.79 Å². The van der Waals surface area contributed by atoms with Crippen molar-refractivity contribution in [2.75, 3.05) is 10.6 Å². The number of amides is 3. The first-order valence-electron chi connectivity index (χ1n) is 8.35. The van der Waals surface area contributed by atoms with Crippen LogP contribution in [0.1, 0.15) is 24.2 Å². The van der Waals surface area contributed by atoms with Crippen molar-refractivity contribution in [3.05, 3.63) is 66.4 Å². The molecule has 0 aliphatic carbocycles. The summed E-state index contributed by atoms with van der Waals surface area (Å²) in [6.07, 6.45) is 1.67. The fourth-order valence-electron chi connectivity index (χ4n) is 2.55. The summed E-state index contributed by atoms with van der Waals surface area (Å²) in [5.74, 6) is -0.229. The highest BCUT2D eigenvalue weighted by atomic mass is 16.2. The van der Waals surface area contributed by atoms with E-state index in [0.29, 0.717) is 22.5 Å². The number of para-hydroxylation sites is 1. The summed E-state index contributed by atoms with van der Waals surface area (Å²) in [4.78, 5) is 28.6. The van der Waals surface area contributed by atoms with Crippen molar-refractivity contribution >= 4 is 34.2 Å². The van der Waals surface area contributed by atoms with Crippen molar-refractivity contribution in [1.29, 1.82) is 0 Å². The lowest BCUT2D eigenvalue weighted by Crippen LogP contribution is -2.34. The number of hydrogen-bond acceptors (Lipinski definition) is 3. The molecule has 3 aromatic rings. The molecule has 0 fully saturated rings. The first kappa shape index (κ1) is 17.4. The molecule has 0 saturated heterocycles. The van der Waals surface area contributed by atoms with E-state index in [1.807, 2.05) is 38.1 Å². The third-order valence-corrected chi connectivity index (χ3v) is 3.70. The maximum Gasteiger partial charge on any atom is 0.319 e. The highest BCUT2D eigenvalue weighted by Gasteiger charge is 2.11. The lowest BCUT2D eigenvalue weighted by Gasteiger charge is -2.11. The number of pyridine rings is 1. The highest BCUT2D eigenvalue weighted by molar-refractivity contribution is 6.11. The Kier molecular flexibility index (Phi) is 5.12. The third kappa shape index (κ3) is 4.16. The van der Waals surface area contributed by atoms with Crippen LogP contribution < -0.4 is 16.0 Å². The van der Waals surface area contributed by atoms with Crippen LogP contribution in [0.4, 0.5) is 16.2 Å². The number of anilines is 2. The number of urea groups is 1. The van der Waals surface area contributed by atoms with Gasteiger partial charge in [0, 0.05) is 29.0 Å². The fourth-order valence-corrected chi connectivity index (χ4v) is 2.55. The van der Waals surface area contributed by atoms with Gasteiger partial charge in [-0.2, -0.15) is 0 Å². The van der Waals surface area contributed by atoms with Crippen molar-refractivity contribution in [3.63, 3.8) is 0 Å². The number of nitrogens with zero attached hydrogens (tertiary/aromatic N) is 1. The van der Waals surface area contributed by atoms with Crippen LogP contribution in [-0.4, -0.2) is 23.0 Å². The van der Waals surface area contributed by atoms with E-state index in [2.05, 4.69) is 20.9 Å². The summed E-state index contributed by atoms with van der Waals surface area (Å²) >= 11 is 0. The second-order valence-electron chi connectivity index (χ2n) is 6.17. The van der Waals surface area contributed by atoms with Gasteiger partial charge in [0.1, 0.15) is 0 Å². The van der Waals surface area contributed by atoms with E-state index in [1.54, 1.807) is 36.5 Å². The number of benzene rings is 2. The molecule has 6 nitrogen and oxygen atoms in total. The van der Waals surface area contributed by atoms with E-state index in [1.165, 1.54) is 0 Å². The van der Waals surface area contributed by atoms with Crippen LogP contribution in [0.3, 0.4) is 0 Å². The van der Waals surface area contributed by atoms with Crippen molar-refractivity contribution in [3.8, 4) is 0 Å². The van der Waals surface area contributed by atoms with Gasteiger partial charge in [-0.15, -0.1) is 0 Å². The maximum absolute atomic E-state index is 12.6. The molecule has 26 heavy (non-hydrogen) atoms. The molecule has 3 rings (SSSR count). The highest BCUT2D eigenvalue weighted by Crippen LogP contribution is 2.19. The van der Waals surface area contributed by atoms with Crippen LogP contribution in [0.2, 0.25) is 0 Å². The molecule has 0 radical (unpaired) electrons. The molecule has 0 atom stereocenters. The Bertz CT molecular complexity index is 931. The van der Waals surface area contributed by atoms with Crippen molar-refractivity contribution in [1.82, 2.24) is 10.3 Å². The summed E-state index contributed by atoms with van der Waals surface area (Å²) in [7, 11) is 0. The summed E-state index contributed by atoms with van der Waals surface area (Å²) in [6, 6.07) is 16.0. The Labute approximate surface area is 151 Å². The third-order valence-electron chi connectivity index (χ3n) is 3.70. The normalized spacial score (nSPS) is 10.6. The Hall–Kier alpha value is -3.41. The van der Waals surface area contributed by atoms with E-state index in [4.69, 9.17) is 0 Å². The van der Waals surface area contributed by atoms with Crippen LogP contribution in [-0.2, 0) is 0 Å². The molecule has 1 aromatic heterocycles. The molecule has 0 aliphatic heterocycles. The fraction of sp³-hybridized carbons (Fsp3) is 0.150. The van der Waals surface area contributed by atoms with E-state index >= 15 is 0 Å². The van der Waals surface area contributed by atoms with E-state index in [9.17, 15) is 9.59 Å². The van der Waals surface area contributed by atoms with Gasteiger partial charge in [-0.05, 0) is 50.2 Å². The zero-order valence-corrected chi connectivity index (χ0v) is 14.6. The van der Waals surface area contributed by atoms with Crippen LogP contribution >= 0.6 is 0 Å². The summed E-state index contributed by atoms with van der Waals surface area (Å²) in [5.41, 5.74) is 2.46. The molecule has 0 aliphatic rings. The van der Waals surface area contributed by atoms with Crippen LogP contribution in [0.5, 0.6) is 0 Å². The largest absolute Gasteiger partial charge is 0.336 e.